The quantitative estimate of drug-likeness (QED) is 0.0639. The van der Waals surface area contributed by atoms with Gasteiger partial charge in [-0.15, -0.1) is 0 Å². The van der Waals surface area contributed by atoms with Gasteiger partial charge < -0.3 is 48.1 Å². The van der Waals surface area contributed by atoms with Gasteiger partial charge in [-0.25, -0.2) is 4.79 Å². The highest BCUT2D eigenvalue weighted by Crippen LogP contribution is 2.20. The van der Waals surface area contributed by atoms with Crippen LogP contribution in [0.25, 0.3) is 10.9 Å². The molecule has 3 aromatic rings. The number of unbranched alkanes of at least 4 members (excludes halogenated alkanes) is 1. The number of rotatable bonds is 23. The monoisotopic (exact) mass is 790 g/mol. The topological polar surface area (TPSA) is 251 Å². The Morgan fingerprint density at radius 1 is 0.649 bits per heavy atom. The summed E-state index contributed by atoms with van der Waals surface area (Å²) in [4.78, 5) is 83.8. The van der Waals surface area contributed by atoms with Crippen molar-refractivity contribution in [1.29, 1.82) is 0 Å². The van der Waals surface area contributed by atoms with Gasteiger partial charge in [0.1, 0.15) is 30.2 Å². The van der Waals surface area contributed by atoms with E-state index in [-0.39, 0.29) is 31.6 Å². The van der Waals surface area contributed by atoms with Crippen LogP contribution in [0.5, 0.6) is 0 Å². The molecule has 0 saturated heterocycles. The molecule has 57 heavy (non-hydrogen) atoms. The Balaban J connectivity index is 1.81. The van der Waals surface area contributed by atoms with E-state index in [4.69, 9.17) is 11.5 Å². The molecule has 3 rings (SSSR count). The maximum Gasteiger partial charge on any atom is 0.326 e. The van der Waals surface area contributed by atoms with Crippen molar-refractivity contribution in [1.82, 2.24) is 31.6 Å². The predicted molar refractivity (Wildman–Crippen MR) is 219 cm³/mol. The molecule has 0 aliphatic rings. The third kappa shape index (κ3) is 14.3. The summed E-state index contributed by atoms with van der Waals surface area (Å²) in [6.07, 6.45) is 3.58. The summed E-state index contributed by atoms with van der Waals surface area (Å²) in [5.74, 6) is -5.18. The highest BCUT2D eigenvalue weighted by molar-refractivity contribution is 5.97. The summed E-state index contributed by atoms with van der Waals surface area (Å²) in [6, 6.07) is 10.3. The summed E-state index contributed by atoms with van der Waals surface area (Å²) < 4.78 is 0. The van der Waals surface area contributed by atoms with Gasteiger partial charge >= 0.3 is 5.97 Å². The lowest BCUT2D eigenvalue weighted by Gasteiger charge is -2.30. The van der Waals surface area contributed by atoms with Gasteiger partial charge in [-0.2, -0.15) is 0 Å². The molecule has 0 aliphatic heterocycles. The number of aromatic amines is 1. The SMILES string of the molecule is CC(C)C[C@@H](NC(=O)[C@@H](CCCCN)NC(=O)[C@H](NC(=O)[C@H](NC(=O)[C@@H](Cc1c[nH]c2ccccc12)NC(=O)[C@H](N)Cc1ccccc1)C(C)C)C(C)C)C(=O)O. The molecule has 5 amide bonds. The van der Waals surface area contributed by atoms with Gasteiger partial charge in [0.05, 0.1) is 6.04 Å². The number of benzene rings is 2. The van der Waals surface area contributed by atoms with E-state index in [2.05, 4.69) is 31.6 Å². The van der Waals surface area contributed by atoms with Crippen LogP contribution in [0.3, 0.4) is 0 Å². The first-order valence-corrected chi connectivity index (χ1v) is 19.8. The molecule has 1 heterocycles. The molecular formula is C42H62N8O7. The molecule has 15 nitrogen and oxygen atoms in total. The van der Waals surface area contributed by atoms with E-state index in [9.17, 15) is 33.9 Å². The van der Waals surface area contributed by atoms with Crippen LogP contribution in [0.4, 0.5) is 0 Å². The number of nitrogens with two attached hydrogens (primary N) is 2. The van der Waals surface area contributed by atoms with Crippen molar-refractivity contribution in [2.24, 2.45) is 29.2 Å². The highest BCUT2D eigenvalue weighted by Gasteiger charge is 2.35. The molecule has 2 aromatic carbocycles. The number of H-pyrrole nitrogens is 1. The third-order valence-electron chi connectivity index (χ3n) is 9.76. The van der Waals surface area contributed by atoms with E-state index in [0.29, 0.717) is 19.4 Å². The van der Waals surface area contributed by atoms with Gasteiger partial charge in [-0.05, 0) is 73.6 Å². The molecule has 6 atom stereocenters. The Kier molecular flexibility index (Phi) is 18.2. The van der Waals surface area contributed by atoms with Crippen molar-refractivity contribution in [2.45, 2.75) is 116 Å². The molecule has 0 bridgehead atoms. The number of fused-ring (bicyclic) bond motifs is 1. The maximum absolute atomic E-state index is 14.1. The number of aliphatic carboxylic acids is 1. The predicted octanol–water partition coefficient (Wildman–Crippen LogP) is 2.28. The second-order valence-corrected chi connectivity index (χ2v) is 15.8. The summed E-state index contributed by atoms with van der Waals surface area (Å²) in [5, 5.41) is 24.3. The standard InChI is InChI=1S/C42H62N8O7/c1-24(2)20-34(42(56)57)48-38(52)32(18-12-13-19-43)46-40(54)35(25(3)4)50-41(55)36(26(5)6)49-39(53)33(22-28-23-45-31-17-11-10-16-29(28)31)47-37(51)30(44)21-27-14-8-7-9-15-27/h7-11,14-17,23-26,30,32-36,45H,12-13,18-22,43-44H2,1-6H3,(H,46,54)(H,47,51)(H,48,52)(H,49,53)(H,50,55)(H,56,57)/t30-,32-,33-,34-,35-,36-/m1/s1. The smallest absolute Gasteiger partial charge is 0.326 e. The van der Waals surface area contributed by atoms with E-state index < -0.39 is 83.6 Å². The molecule has 0 unspecified atom stereocenters. The molecular weight excluding hydrogens is 729 g/mol. The number of carbonyl (C=O) groups is 6. The fourth-order valence-corrected chi connectivity index (χ4v) is 6.52. The minimum absolute atomic E-state index is 0.0103. The number of amides is 5. The zero-order valence-corrected chi connectivity index (χ0v) is 34.0. The van der Waals surface area contributed by atoms with Crippen LogP contribution in [-0.4, -0.2) is 88.4 Å². The first-order valence-electron chi connectivity index (χ1n) is 19.8. The minimum Gasteiger partial charge on any atom is -0.480 e. The Bertz CT molecular complexity index is 1790. The fraction of sp³-hybridized carbons (Fsp3) is 0.524. The van der Waals surface area contributed by atoms with Crippen LogP contribution in [0, 0.1) is 17.8 Å². The number of carbonyl (C=O) groups excluding carboxylic acids is 5. The van der Waals surface area contributed by atoms with Gasteiger partial charge in [0.15, 0.2) is 0 Å². The average molecular weight is 791 g/mol. The van der Waals surface area contributed by atoms with Crippen LogP contribution in [0.15, 0.2) is 60.8 Å². The summed E-state index contributed by atoms with van der Waals surface area (Å²) in [5.41, 5.74) is 14.5. The van der Waals surface area contributed by atoms with E-state index >= 15 is 0 Å². The van der Waals surface area contributed by atoms with Crippen LogP contribution in [0.1, 0.15) is 78.4 Å². The van der Waals surface area contributed by atoms with E-state index in [1.165, 1.54) is 0 Å². The average Bonchev–Trinajstić information content (AvgIpc) is 3.57. The molecule has 0 saturated carbocycles. The first-order chi connectivity index (χ1) is 27.0. The Hall–Kier alpha value is -5.28. The van der Waals surface area contributed by atoms with Crippen molar-refractivity contribution < 1.29 is 33.9 Å². The van der Waals surface area contributed by atoms with Crippen molar-refractivity contribution in [3.8, 4) is 0 Å². The van der Waals surface area contributed by atoms with E-state index in [0.717, 1.165) is 22.0 Å². The molecule has 0 spiro atoms. The second kappa shape index (κ2) is 22.5. The summed E-state index contributed by atoms with van der Waals surface area (Å²) in [6.45, 7) is 11.0. The van der Waals surface area contributed by atoms with Gasteiger partial charge in [0, 0.05) is 23.5 Å². The second-order valence-electron chi connectivity index (χ2n) is 15.8. The lowest BCUT2D eigenvalue weighted by atomic mass is 9.97. The summed E-state index contributed by atoms with van der Waals surface area (Å²) >= 11 is 0. The lowest BCUT2D eigenvalue weighted by molar-refractivity contribution is -0.143. The van der Waals surface area contributed by atoms with Crippen molar-refractivity contribution >= 4 is 46.4 Å². The van der Waals surface area contributed by atoms with Gasteiger partial charge in [0.25, 0.3) is 0 Å². The first kappa shape index (κ1) is 46.1. The normalized spacial score (nSPS) is 14.6. The van der Waals surface area contributed by atoms with E-state index in [1.54, 1.807) is 33.9 Å². The highest BCUT2D eigenvalue weighted by atomic mass is 16.4. The van der Waals surface area contributed by atoms with Crippen LogP contribution >= 0.6 is 0 Å². The number of aromatic nitrogens is 1. The Morgan fingerprint density at radius 3 is 1.79 bits per heavy atom. The lowest BCUT2D eigenvalue weighted by Crippen LogP contribution is -2.61. The molecule has 0 aliphatic carbocycles. The van der Waals surface area contributed by atoms with Crippen LogP contribution in [-0.2, 0) is 41.6 Å². The number of nitrogens with one attached hydrogen (secondary N) is 6. The number of carboxylic acids is 1. The van der Waals surface area contributed by atoms with E-state index in [1.807, 2.05) is 68.4 Å². The zero-order valence-electron chi connectivity index (χ0n) is 34.0. The maximum atomic E-state index is 14.1. The van der Waals surface area contributed by atoms with Crippen LogP contribution in [0.2, 0.25) is 0 Å². The zero-order chi connectivity index (χ0) is 42.2. The number of carboxylic acid groups (broad SMARTS) is 1. The van der Waals surface area contributed by atoms with Gasteiger partial charge in [0.2, 0.25) is 29.5 Å². The Labute approximate surface area is 335 Å². The fourth-order valence-electron chi connectivity index (χ4n) is 6.52. The van der Waals surface area contributed by atoms with Gasteiger partial charge in [-0.1, -0.05) is 90.1 Å². The molecule has 0 fully saturated rings. The minimum atomic E-state index is -1.18. The Morgan fingerprint density at radius 2 is 1.19 bits per heavy atom. The number of hydrogen-bond donors (Lipinski definition) is 9. The molecule has 11 N–H and O–H groups in total. The van der Waals surface area contributed by atoms with Crippen molar-refractivity contribution in [3.63, 3.8) is 0 Å². The largest absolute Gasteiger partial charge is 0.480 e. The third-order valence-corrected chi connectivity index (χ3v) is 9.76. The molecule has 0 radical (unpaired) electrons. The van der Waals surface area contributed by atoms with Crippen molar-refractivity contribution in [3.05, 3.63) is 71.9 Å². The summed E-state index contributed by atoms with van der Waals surface area (Å²) in [7, 11) is 0. The molecule has 1 aromatic heterocycles. The van der Waals surface area contributed by atoms with Crippen LogP contribution < -0.4 is 38.1 Å². The number of hydrogen-bond acceptors (Lipinski definition) is 8. The molecule has 312 valence electrons. The van der Waals surface area contributed by atoms with Crippen molar-refractivity contribution in [2.75, 3.05) is 6.54 Å². The molecule has 15 heteroatoms. The van der Waals surface area contributed by atoms with Gasteiger partial charge in [-0.3, -0.25) is 24.0 Å². The number of para-hydroxylation sites is 1.